The highest BCUT2D eigenvalue weighted by molar-refractivity contribution is 5.84. The van der Waals surface area contributed by atoms with E-state index < -0.39 is 24.2 Å². The zero-order chi connectivity index (χ0) is 19.2. The molecule has 0 aliphatic carbocycles. The van der Waals surface area contributed by atoms with E-state index in [0.717, 1.165) is 10.1 Å². The van der Waals surface area contributed by atoms with Crippen LogP contribution in [0.1, 0.15) is 5.56 Å². The lowest BCUT2D eigenvalue weighted by atomic mass is 10.2. The predicted molar refractivity (Wildman–Crippen MR) is 96.3 cm³/mol. The van der Waals surface area contributed by atoms with Crippen LogP contribution in [0, 0.1) is 0 Å². The van der Waals surface area contributed by atoms with Gasteiger partial charge in [0.15, 0.2) is 0 Å². The summed E-state index contributed by atoms with van der Waals surface area (Å²) in [6.45, 7) is -0.538. The van der Waals surface area contributed by atoms with E-state index in [1.54, 1.807) is 24.3 Å². The predicted octanol–water partition coefficient (Wildman–Crippen LogP) is 2.94. The van der Waals surface area contributed by atoms with Crippen molar-refractivity contribution >= 4 is 17.7 Å². The van der Waals surface area contributed by atoms with Gasteiger partial charge in [-0.25, -0.2) is 4.79 Å². The van der Waals surface area contributed by atoms with E-state index in [9.17, 15) is 14.4 Å². The van der Waals surface area contributed by atoms with Crippen molar-refractivity contribution < 1.29 is 23.8 Å². The maximum absolute atomic E-state index is 12.6. The molecule has 0 fully saturated rings. The molecule has 1 amide bonds. The van der Waals surface area contributed by atoms with Gasteiger partial charge in [0.25, 0.3) is 5.56 Å². The number of furan rings is 1. The Balaban J connectivity index is 1.80. The molecule has 0 aliphatic rings. The second-order valence-electron chi connectivity index (χ2n) is 5.58. The fourth-order valence-corrected chi connectivity index (χ4v) is 2.47. The first-order chi connectivity index (χ1) is 13.0. The van der Waals surface area contributed by atoms with Gasteiger partial charge in [-0.2, -0.15) is 0 Å². The number of benzene rings is 1. The number of pyridine rings is 1. The number of hydrogen-bond acceptors (Lipinski definition) is 5. The summed E-state index contributed by atoms with van der Waals surface area (Å²) in [7, 11) is 0. The van der Waals surface area contributed by atoms with Crippen LogP contribution >= 0.6 is 0 Å². The molecule has 2 aromatic heterocycles. The highest BCUT2D eigenvalue weighted by Gasteiger charge is 2.16. The molecule has 0 saturated heterocycles. The monoisotopic (exact) mass is 368 g/mol. The molecule has 3 aromatic rings. The van der Waals surface area contributed by atoms with Crippen molar-refractivity contribution in [3.05, 3.63) is 76.8 Å². The van der Waals surface area contributed by atoms with Crippen LogP contribution in [-0.2, 0) is 22.7 Å². The first-order valence-corrected chi connectivity index (χ1v) is 8.02. The Hall–Kier alpha value is -3.81. The lowest BCUT2D eigenvalue weighted by Crippen LogP contribution is -2.29. The number of hydrogen-bond donors (Lipinski definition) is 2. The molecule has 3 rings (SSSR count). The molecule has 1 aromatic carbocycles. The number of anilines is 1. The Bertz CT molecular complexity index is 993. The largest absolute Gasteiger partial charge is 0.480 e. The molecule has 0 atom stereocenters. The van der Waals surface area contributed by atoms with Gasteiger partial charge in [-0.15, -0.1) is 0 Å². The molecule has 2 N–H and O–H groups in total. The molecule has 0 bridgehead atoms. The van der Waals surface area contributed by atoms with Gasteiger partial charge in [0.1, 0.15) is 24.6 Å². The molecule has 0 spiro atoms. The molecule has 0 radical (unpaired) electrons. The molecule has 0 saturated carbocycles. The van der Waals surface area contributed by atoms with Crippen LogP contribution in [0.15, 0.2) is 70.1 Å². The SMILES string of the molecule is O=C(O)Cn1c(-c2ccco2)ccc(NC(=O)OCc2ccccc2)c1=O. The van der Waals surface area contributed by atoms with Gasteiger partial charge in [0.05, 0.1) is 12.0 Å². The minimum Gasteiger partial charge on any atom is -0.480 e. The molecular formula is C19H16N2O6. The molecule has 138 valence electrons. The van der Waals surface area contributed by atoms with E-state index >= 15 is 0 Å². The number of carbonyl (C=O) groups excluding carboxylic acids is 1. The number of aliphatic carboxylic acids is 1. The van der Waals surface area contributed by atoms with Crippen molar-refractivity contribution in [1.29, 1.82) is 0 Å². The number of carbonyl (C=O) groups is 2. The zero-order valence-corrected chi connectivity index (χ0v) is 14.1. The minimum absolute atomic E-state index is 0.0421. The molecule has 8 nitrogen and oxygen atoms in total. The third-order valence-corrected chi connectivity index (χ3v) is 3.69. The van der Waals surface area contributed by atoms with E-state index in [1.165, 1.54) is 18.4 Å². The summed E-state index contributed by atoms with van der Waals surface area (Å²) in [6.07, 6.45) is 0.599. The number of aromatic nitrogens is 1. The highest BCUT2D eigenvalue weighted by Crippen LogP contribution is 2.20. The topological polar surface area (TPSA) is 111 Å². The van der Waals surface area contributed by atoms with Crippen molar-refractivity contribution in [3.8, 4) is 11.5 Å². The lowest BCUT2D eigenvalue weighted by Gasteiger charge is -2.12. The smallest absolute Gasteiger partial charge is 0.412 e. The average molecular weight is 368 g/mol. The normalized spacial score (nSPS) is 10.4. The maximum atomic E-state index is 12.6. The van der Waals surface area contributed by atoms with E-state index in [4.69, 9.17) is 14.3 Å². The van der Waals surface area contributed by atoms with E-state index in [-0.39, 0.29) is 18.0 Å². The van der Waals surface area contributed by atoms with E-state index in [0.29, 0.717) is 5.76 Å². The summed E-state index contributed by atoms with van der Waals surface area (Å²) in [5.41, 5.74) is 0.312. The van der Waals surface area contributed by atoms with Crippen molar-refractivity contribution in [3.63, 3.8) is 0 Å². The van der Waals surface area contributed by atoms with Gasteiger partial charge in [0.2, 0.25) is 0 Å². The second-order valence-corrected chi connectivity index (χ2v) is 5.58. The van der Waals surface area contributed by atoms with Gasteiger partial charge in [0, 0.05) is 0 Å². The van der Waals surface area contributed by atoms with Crippen LogP contribution in [0.25, 0.3) is 11.5 Å². The summed E-state index contributed by atoms with van der Waals surface area (Å²) >= 11 is 0. The summed E-state index contributed by atoms with van der Waals surface area (Å²) in [4.78, 5) is 35.7. The van der Waals surface area contributed by atoms with E-state index in [2.05, 4.69) is 5.32 Å². The van der Waals surface area contributed by atoms with E-state index in [1.807, 2.05) is 18.2 Å². The summed E-state index contributed by atoms with van der Waals surface area (Å²) in [6, 6.07) is 15.2. The Kier molecular flexibility index (Phi) is 5.36. The van der Waals surface area contributed by atoms with Gasteiger partial charge in [-0.3, -0.25) is 19.5 Å². The van der Waals surface area contributed by atoms with Crippen LogP contribution in [0.2, 0.25) is 0 Å². The Morgan fingerprint density at radius 1 is 1.07 bits per heavy atom. The molecule has 8 heteroatoms. The Morgan fingerprint density at radius 3 is 2.52 bits per heavy atom. The third kappa shape index (κ3) is 4.43. The number of nitrogens with zero attached hydrogens (tertiary/aromatic N) is 1. The Labute approximate surface area is 153 Å². The molecule has 0 unspecified atom stereocenters. The fraction of sp³-hybridized carbons (Fsp3) is 0.105. The van der Waals surface area contributed by atoms with Gasteiger partial charge >= 0.3 is 12.1 Å². The number of amides is 1. The van der Waals surface area contributed by atoms with Crippen molar-refractivity contribution in [2.75, 3.05) is 5.32 Å². The van der Waals surface area contributed by atoms with Crippen LogP contribution in [0.5, 0.6) is 0 Å². The number of ether oxygens (including phenoxy) is 1. The maximum Gasteiger partial charge on any atom is 0.412 e. The number of nitrogens with one attached hydrogen (secondary N) is 1. The Morgan fingerprint density at radius 2 is 1.85 bits per heavy atom. The highest BCUT2D eigenvalue weighted by atomic mass is 16.5. The minimum atomic E-state index is -1.20. The van der Waals surface area contributed by atoms with Crippen molar-refractivity contribution in [2.24, 2.45) is 0 Å². The number of carboxylic acid groups (broad SMARTS) is 1. The number of rotatable bonds is 6. The van der Waals surface area contributed by atoms with Crippen LogP contribution < -0.4 is 10.9 Å². The quantitative estimate of drug-likeness (QED) is 0.692. The van der Waals surface area contributed by atoms with Crippen molar-refractivity contribution in [1.82, 2.24) is 4.57 Å². The summed E-state index contributed by atoms with van der Waals surface area (Å²) in [5, 5.41) is 11.4. The standard InChI is InChI=1S/C19H16N2O6/c22-17(23)11-21-15(16-7-4-10-26-16)9-8-14(18(21)24)20-19(25)27-12-13-5-2-1-3-6-13/h1-10H,11-12H2,(H,20,25)(H,22,23). The van der Waals surface area contributed by atoms with Gasteiger partial charge in [-0.1, -0.05) is 30.3 Å². The summed E-state index contributed by atoms with van der Waals surface area (Å²) < 4.78 is 11.3. The second kappa shape index (κ2) is 8.05. The molecule has 0 aliphatic heterocycles. The molecule has 2 heterocycles. The average Bonchev–Trinajstić information content (AvgIpc) is 3.18. The molecule has 27 heavy (non-hydrogen) atoms. The first-order valence-electron chi connectivity index (χ1n) is 8.02. The van der Waals surface area contributed by atoms with Crippen molar-refractivity contribution in [2.45, 2.75) is 13.2 Å². The van der Waals surface area contributed by atoms with Gasteiger partial charge in [-0.05, 0) is 29.8 Å². The number of carboxylic acids is 1. The van der Waals surface area contributed by atoms with Gasteiger partial charge < -0.3 is 14.3 Å². The zero-order valence-electron chi connectivity index (χ0n) is 14.1. The van der Waals surface area contributed by atoms with Crippen LogP contribution in [-0.4, -0.2) is 21.7 Å². The summed E-state index contributed by atoms with van der Waals surface area (Å²) in [5.74, 6) is -0.861. The van der Waals surface area contributed by atoms with Crippen LogP contribution in [0.3, 0.4) is 0 Å². The van der Waals surface area contributed by atoms with Crippen LogP contribution in [0.4, 0.5) is 10.5 Å². The third-order valence-electron chi connectivity index (χ3n) is 3.69. The molecular weight excluding hydrogens is 352 g/mol. The first kappa shape index (κ1) is 18.0. The lowest BCUT2D eigenvalue weighted by molar-refractivity contribution is -0.137. The fourth-order valence-electron chi connectivity index (χ4n) is 2.47.